The van der Waals surface area contributed by atoms with Crippen LogP contribution in [0.2, 0.25) is 0 Å². The molecule has 2 heterocycles. The minimum Gasteiger partial charge on any atom is -0.352 e. The number of sulfone groups is 1. The minimum absolute atomic E-state index is 0.104. The highest BCUT2D eigenvalue weighted by Crippen LogP contribution is 2.14. The number of hydrogen-bond donors (Lipinski definition) is 2. The second-order valence-corrected chi connectivity index (χ2v) is 7.87. The van der Waals surface area contributed by atoms with E-state index in [0.717, 1.165) is 0 Å². The number of hydrogen-bond acceptors (Lipinski definition) is 6. The van der Waals surface area contributed by atoms with Gasteiger partial charge >= 0.3 is 0 Å². The van der Waals surface area contributed by atoms with Crippen LogP contribution in [0.3, 0.4) is 0 Å². The Labute approximate surface area is 124 Å². The van der Waals surface area contributed by atoms with Gasteiger partial charge in [-0.25, -0.2) is 18.4 Å². The summed E-state index contributed by atoms with van der Waals surface area (Å²) < 4.78 is 22.7. The van der Waals surface area contributed by atoms with E-state index in [4.69, 9.17) is 0 Å². The lowest BCUT2D eigenvalue weighted by Gasteiger charge is -2.11. The van der Waals surface area contributed by atoms with Crippen molar-refractivity contribution in [2.24, 2.45) is 5.92 Å². The summed E-state index contributed by atoms with van der Waals surface area (Å²) in [4.78, 5) is 19.9. The third-order valence-electron chi connectivity index (χ3n) is 3.15. The lowest BCUT2D eigenvalue weighted by Crippen LogP contribution is -2.28. The van der Waals surface area contributed by atoms with E-state index in [9.17, 15) is 13.2 Å². The number of aromatic nitrogens is 2. The first-order valence-electron chi connectivity index (χ1n) is 6.93. The van der Waals surface area contributed by atoms with Gasteiger partial charge in [0.1, 0.15) is 0 Å². The van der Waals surface area contributed by atoms with E-state index < -0.39 is 9.84 Å². The molecule has 2 N–H and O–H groups in total. The summed E-state index contributed by atoms with van der Waals surface area (Å²) in [7, 11) is -2.93. The summed E-state index contributed by atoms with van der Waals surface area (Å²) in [6, 6.07) is -0.157. The normalized spacial score (nSPS) is 20.4. The second kappa shape index (κ2) is 6.38. The molecule has 21 heavy (non-hydrogen) atoms. The van der Waals surface area contributed by atoms with Crippen LogP contribution in [0.25, 0.3) is 0 Å². The Kier molecular flexibility index (Phi) is 4.76. The van der Waals surface area contributed by atoms with Crippen molar-refractivity contribution in [3.63, 3.8) is 0 Å². The van der Waals surface area contributed by atoms with E-state index in [1.807, 2.05) is 13.8 Å². The van der Waals surface area contributed by atoms with Crippen LogP contribution < -0.4 is 10.6 Å². The van der Waals surface area contributed by atoms with E-state index in [1.165, 1.54) is 12.4 Å². The summed E-state index contributed by atoms with van der Waals surface area (Å²) in [5.41, 5.74) is 0.389. The molecule has 0 saturated carbocycles. The molecule has 116 valence electrons. The Morgan fingerprint density at radius 1 is 1.38 bits per heavy atom. The van der Waals surface area contributed by atoms with Gasteiger partial charge in [-0.05, 0) is 12.3 Å². The van der Waals surface area contributed by atoms with E-state index in [0.29, 0.717) is 30.4 Å². The molecule has 2 rings (SSSR count). The Hall–Kier alpha value is -1.70. The molecular weight excluding hydrogens is 292 g/mol. The van der Waals surface area contributed by atoms with Gasteiger partial charge in [-0.3, -0.25) is 4.79 Å². The number of anilines is 1. The summed E-state index contributed by atoms with van der Waals surface area (Å²) in [6.45, 7) is 4.62. The van der Waals surface area contributed by atoms with Crippen molar-refractivity contribution < 1.29 is 13.2 Å². The zero-order valence-corrected chi connectivity index (χ0v) is 13.0. The number of nitrogens with zero attached hydrogens (tertiary/aromatic N) is 2. The summed E-state index contributed by atoms with van der Waals surface area (Å²) in [5, 5.41) is 5.76. The van der Waals surface area contributed by atoms with Crippen molar-refractivity contribution in [3.05, 3.63) is 18.0 Å². The molecule has 0 spiro atoms. The fourth-order valence-corrected chi connectivity index (χ4v) is 3.68. The van der Waals surface area contributed by atoms with Crippen LogP contribution in [0.1, 0.15) is 30.6 Å². The second-order valence-electron chi connectivity index (χ2n) is 5.64. The maximum Gasteiger partial charge on any atom is 0.254 e. The quantitative estimate of drug-likeness (QED) is 0.819. The number of carbonyl (C=O) groups is 1. The van der Waals surface area contributed by atoms with Crippen LogP contribution in [0.15, 0.2) is 12.4 Å². The zero-order valence-electron chi connectivity index (χ0n) is 12.2. The molecule has 0 aliphatic carbocycles. The third-order valence-corrected chi connectivity index (χ3v) is 4.92. The van der Waals surface area contributed by atoms with Crippen molar-refractivity contribution in [2.45, 2.75) is 26.3 Å². The highest BCUT2D eigenvalue weighted by molar-refractivity contribution is 7.91. The molecule has 0 bridgehead atoms. The molecule has 7 nitrogen and oxygen atoms in total. The monoisotopic (exact) mass is 312 g/mol. The van der Waals surface area contributed by atoms with Crippen LogP contribution in [-0.2, 0) is 9.84 Å². The van der Waals surface area contributed by atoms with Gasteiger partial charge in [0.15, 0.2) is 9.84 Å². The van der Waals surface area contributed by atoms with E-state index in [2.05, 4.69) is 20.6 Å². The van der Waals surface area contributed by atoms with Crippen LogP contribution in [0.5, 0.6) is 0 Å². The summed E-state index contributed by atoms with van der Waals surface area (Å²) in [5.74, 6) is 0.809. The van der Waals surface area contributed by atoms with Crippen molar-refractivity contribution in [2.75, 3.05) is 23.4 Å². The average Bonchev–Trinajstić information content (AvgIpc) is 2.76. The van der Waals surface area contributed by atoms with E-state index in [-0.39, 0.29) is 23.5 Å². The minimum atomic E-state index is -2.93. The molecule has 1 saturated heterocycles. The van der Waals surface area contributed by atoms with E-state index >= 15 is 0 Å². The van der Waals surface area contributed by atoms with Crippen molar-refractivity contribution in [3.8, 4) is 0 Å². The molecule has 1 amide bonds. The predicted molar refractivity (Wildman–Crippen MR) is 79.9 cm³/mol. The van der Waals surface area contributed by atoms with Crippen molar-refractivity contribution >= 4 is 21.7 Å². The number of carbonyl (C=O) groups excluding carboxylic acids is 1. The van der Waals surface area contributed by atoms with E-state index in [1.54, 1.807) is 0 Å². The molecule has 1 atom stereocenters. The molecule has 1 aromatic rings. The lowest BCUT2D eigenvalue weighted by atomic mass is 10.2. The number of rotatable bonds is 5. The number of amides is 1. The van der Waals surface area contributed by atoms with Crippen molar-refractivity contribution in [1.29, 1.82) is 0 Å². The molecule has 1 unspecified atom stereocenters. The van der Waals surface area contributed by atoms with Gasteiger partial charge in [-0.15, -0.1) is 0 Å². The summed E-state index contributed by atoms with van der Waals surface area (Å²) in [6.07, 6.45) is 3.44. The molecular formula is C13H20N4O3S. The number of nitrogens with one attached hydrogen (secondary N) is 2. The smallest absolute Gasteiger partial charge is 0.254 e. The van der Waals surface area contributed by atoms with Gasteiger partial charge in [0.05, 0.1) is 17.1 Å². The third kappa shape index (κ3) is 4.66. The molecule has 0 aromatic carbocycles. The van der Waals surface area contributed by atoms with Crippen LogP contribution in [-0.4, -0.2) is 48.4 Å². The Morgan fingerprint density at radius 3 is 2.57 bits per heavy atom. The maximum absolute atomic E-state index is 11.8. The first kappa shape index (κ1) is 15.7. The van der Waals surface area contributed by atoms with Gasteiger partial charge in [-0.1, -0.05) is 13.8 Å². The molecule has 1 aliphatic rings. The van der Waals surface area contributed by atoms with Crippen LogP contribution in [0, 0.1) is 5.92 Å². The average molecular weight is 312 g/mol. The van der Waals surface area contributed by atoms with Gasteiger partial charge in [0.25, 0.3) is 5.91 Å². The maximum atomic E-state index is 11.8. The Balaban J connectivity index is 1.91. The molecule has 1 aliphatic heterocycles. The van der Waals surface area contributed by atoms with Gasteiger partial charge < -0.3 is 10.6 Å². The van der Waals surface area contributed by atoms with Crippen LogP contribution >= 0.6 is 0 Å². The Morgan fingerprint density at radius 2 is 2.05 bits per heavy atom. The lowest BCUT2D eigenvalue weighted by molar-refractivity contribution is 0.0948. The molecule has 8 heteroatoms. The zero-order chi connectivity index (χ0) is 15.5. The van der Waals surface area contributed by atoms with Gasteiger partial charge in [0, 0.05) is 25.0 Å². The van der Waals surface area contributed by atoms with Crippen molar-refractivity contribution in [1.82, 2.24) is 15.3 Å². The highest BCUT2D eigenvalue weighted by atomic mass is 32.2. The molecule has 0 radical (unpaired) electrons. The SMILES string of the molecule is CC(C)CNC(=O)c1cnc(NC2CCS(=O)(=O)C2)nc1. The topological polar surface area (TPSA) is 101 Å². The fraction of sp³-hybridized carbons (Fsp3) is 0.615. The summed E-state index contributed by atoms with van der Waals surface area (Å²) >= 11 is 0. The highest BCUT2D eigenvalue weighted by Gasteiger charge is 2.28. The molecule has 1 fully saturated rings. The Bertz CT molecular complexity index is 598. The molecule has 1 aromatic heterocycles. The largest absolute Gasteiger partial charge is 0.352 e. The fourth-order valence-electron chi connectivity index (χ4n) is 2.01. The predicted octanol–water partition coefficient (Wildman–Crippen LogP) is 0.461. The van der Waals surface area contributed by atoms with Gasteiger partial charge in [-0.2, -0.15) is 0 Å². The first-order chi connectivity index (χ1) is 9.85. The van der Waals surface area contributed by atoms with Crippen LogP contribution in [0.4, 0.5) is 5.95 Å². The van der Waals surface area contributed by atoms with Gasteiger partial charge in [0.2, 0.25) is 5.95 Å². The standard InChI is InChI=1S/C13H20N4O3S/c1-9(2)5-14-12(18)10-6-15-13(16-7-10)17-11-3-4-21(19,20)8-11/h6-7,9,11H,3-5,8H2,1-2H3,(H,14,18)(H,15,16,17). The first-order valence-corrected chi connectivity index (χ1v) is 8.75.